The van der Waals surface area contributed by atoms with Gasteiger partial charge in [-0.25, -0.2) is 4.98 Å². The fourth-order valence-corrected chi connectivity index (χ4v) is 2.59. The van der Waals surface area contributed by atoms with Gasteiger partial charge < -0.3 is 20.1 Å². The third kappa shape index (κ3) is 4.88. The second-order valence-corrected chi connectivity index (χ2v) is 6.38. The molecule has 0 bridgehead atoms. The average molecular weight is 379 g/mol. The number of methoxy groups -OCH3 is 2. The second kappa shape index (κ2) is 9.03. The molecule has 0 aliphatic carbocycles. The van der Waals surface area contributed by atoms with Gasteiger partial charge >= 0.3 is 0 Å². The highest BCUT2D eigenvalue weighted by molar-refractivity contribution is 5.68. The SMILES string of the molecule is CC[C@@H](C)Nc1nc(Nc2cc(OC)cc(OC)c2)cc(-c2cccnc2)n1. The molecule has 2 heterocycles. The number of hydrogen-bond acceptors (Lipinski definition) is 7. The van der Waals surface area contributed by atoms with Gasteiger partial charge in [-0.15, -0.1) is 0 Å². The lowest BCUT2D eigenvalue weighted by molar-refractivity contribution is 0.395. The smallest absolute Gasteiger partial charge is 0.225 e. The highest BCUT2D eigenvalue weighted by Crippen LogP contribution is 2.29. The first-order valence-corrected chi connectivity index (χ1v) is 9.17. The first-order chi connectivity index (χ1) is 13.6. The Morgan fingerprint density at radius 1 is 1.04 bits per heavy atom. The number of aromatic nitrogens is 3. The fourth-order valence-electron chi connectivity index (χ4n) is 2.59. The average Bonchev–Trinajstić information content (AvgIpc) is 2.73. The van der Waals surface area contributed by atoms with E-state index in [4.69, 9.17) is 9.47 Å². The number of hydrogen-bond donors (Lipinski definition) is 2. The molecule has 0 fully saturated rings. The van der Waals surface area contributed by atoms with Gasteiger partial charge in [-0.2, -0.15) is 4.98 Å². The van der Waals surface area contributed by atoms with Gasteiger partial charge in [0.15, 0.2) is 0 Å². The van der Waals surface area contributed by atoms with Gasteiger partial charge in [0.05, 0.1) is 19.9 Å². The largest absolute Gasteiger partial charge is 0.497 e. The standard InChI is InChI=1S/C21H25N5O2/c1-5-14(2)23-21-25-19(15-7-6-8-22-13-15)12-20(26-21)24-16-9-17(27-3)11-18(10-16)28-4/h6-14H,5H2,1-4H3,(H2,23,24,25,26)/t14-/m1/s1. The van der Waals surface area contributed by atoms with E-state index in [1.807, 2.05) is 36.4 Å². The zero-order valence-corrected chi connectivity index (χ0v) is 16.6. The van der Waals surface area contributed by atoms with Crippen LogP contribution >= 0.6 is 0 Å². The molecule has 0 amide bonds. The molecular formula is C21H25N5O2. The Morgan fingerprint density at radius 3 is 2.39 bits per heavy atom. The van der Waals surface area contributed by atoms with E-state index in [0.717, 1.165) is 23.4 Å². The first kappa shape index (κ1) is 19.4. The van der Waals surface area contributed by atoms with E-state index < -0.39 is 0 Å². The monoisotopic (exact) mass is 379 g/mol. The first-order valence-electron chi connectivity index (χ1n) is 9.17. The van der Waals surface area contributed by atoms with Gasteiger partial charge in [-0.05, 0) is 25.5 Å². The van der Waals surface area contributed by atoms with Crippen LogP contribution < -0.4 is 20.1 Å². The summed E-state index contributed by atoms with van der Waals surface area (Å²) in [6, 6.07) is 11.6. The molecule has 1 atom stereocenters. The quantitative estimate of drug-likeness (QED) is 0.596. The Bertz CT molecular complexity index is 896. The minimum atomic E-state index is 0.258. The van der Waals surface area contributed by atoms with Crippen molar-refractivity contribution in [2.24, 2.45) is 0 Å². The molecule has 7 heteroatoms. The summed E-state index contributed by atoms with van der Waals surface area (Å²) in [5.41, 5.74) is 2.51. The highest BCUT2D eigenvalue weighted by Gasteiger charge is 2.10. The molecule has 1 aromatic carbocycles. The molecule has 3 aromatic rings. The molecule has 0 saturated carbocycles. The number of nitrogens with one attached hydrogen (secondary N) is 2. The van der Waals surface area contributed by atoms with Crippen LogP contribution in [0.2, 0.25) is 0 Å². The third-order valence-electron chi connectivity index (χ3n) is 4.30. The maximum Gasteiger partial charge on any atom is 0.225 e. The van der Waals surface area contributed by atoms with Crippen LogP contribution in [0, 0.1) is 0 Å². The zero-order chi connectivity index (χ0) is 19.9. The van der Waals surface area contributed by atoms with Crippen LogP contribution in [0.1, 0.15) is 20.3 Å². The molecule has 0 spiro atoms. The van der Waals surface area contributed by atoms with Crippen LogP contribution in [0.4, 0.5) is 17.5 Å². The van der Waals surface area contributed by atoms with Crippen LogP contribution in [0.15, 0.2) is 48.8 Å². The van der Waals surface area contributed by atoms with Gasteiger partial charge in [0.1, 0.15) is 17.3 Å². The summed E-state index contributed by atoms with van der Waals surface area (Å²) < 4.78 is 10.7. The van der Waals surface area contributed by atoms with Crippen LogP contribution in [0.3, 0.4) is 0 Å². The van der Waals surface area contributed by atoms with Gasteiger partial charge in [0.2, 0.25) is 5.95 Å². The Kier molecular flexibility index (Phi) is 6.26. The number of ether oxygens (including phenoxy) is 2. The fraction of sp³-hybridized carbons (Fsp3) is 0.286. The maximum atomic E-state index is 5.35. The van der Waals surface area contributed by atoms with Crippen molar-refractivity contribution in [3.8, 4) is 22.8 Å². The second-order valence-electron chi connectivity index (χ2n) is 6.38. The Labute approximate surface area is 165 Å². The summed E-state index contributed by atoms with van der Waals surface area (Å²) in [6.45, 7) is 4.21. The van der Waals surface area contributed by atoms with E-state index in [1.54, 1.807) is 26.6 Å². The Balaban J connectivity index is 1.98. The van der Waals surface area contributed by atoms with Crippen molar-refractivity contribution >= 4 is 17.5 Å². The molecule has 3 rings (SSSR count). The lowest BCUT2D eigenvalue weighted by Gasteiger charge is -2.15. The summed E-state index contributed by atoms with van der Waals surface area (Å²) in [4.78, 5) is 13.5. The zero-order valence-electron chi connectivity index (χ0n) is 16.6. The van der Waals surface area contributed by atoms with Crippen molar-refractivity contribution < 1.29 is 9.47 Å². The minimum absolute atomic E-state index is 0.258. The summed E-state index contributed by atoms with van der Waals surface area (Å²) in [7, 11) is 3.25. The summed E-state index contributed by atoms with van der Waals surface area (Å²) in [5, 5.41) is 6.66. The van der Waals surface area contributed by atoms with Crippen LogP contribution in [-0.4, -0.2) is 35.2 Å². The van der Waals surface area contributed by atoms with Crippen LogP contribution in [0.5, 0.6) is 11.5 Å². The van der Waals surface area contributed by atoms with Crippen LogP contribution in [0.25, 0.3) is 11.3 Å². The Morgan fingerprint density at radius 2 is 1.79 bits per heavy atom. The van der Waals surface area contributed by atoms with E-state index >= 15 is 0 Å². The van der Waals surface area contributed by atoms with Gasteiger partial charge in [0, 0.05) is 54.0 Å². The number of nitrogens with zero attached hydrogens (tertiary/aromatic N) is 3. The van der Waals surface area contributed by atoms with Crippen molar-refractivity contribution in [1.82, 2.24) is 15.0 Å². The molecule has 2 aromatic heterocycles. The molecule has 7 nitrogen and oxygen atoms in total. The van der Waals surface area contributed by atoms with Crippen molar-refractivity contribution in [2.75, 3.05) is 24.9 Å². The topological polar surface area (TPSA) is 81.2 Å². The summed E-state index contributed by atoms with van der Waals surface area (Å²) >= 11 is 0. The number of rotatable bonds is 8. The van der Waals surface area contributed by atoms with E-state index in [2.05, 4.69) is 39.4 Å². The third-order valence-corrected chi connectivity index (χ3v) is 4.30. The number of pyridine rings is 1. The van der Waals surface area contributed by atoms with Gasteiger partial charge in [-0.1, -0.05) is 6.92 Å². The molecule has 0 aliphatic rings. The van der Waals surface area contributed by atoms with E-state index in [9.17, 15) is 0 Å². The van der Waals surface area contributed by atoms with E-state index in [0.29, 0.717) is 23.3 Å². The lowest BCUT2D eigenvalue weighted by atomic mass is 10.2. The summed E-state index contributed by atoms with van der Waals surface area (Å²) in [6.07, 6.45) is 4.49. The van der Waals surface area contributed by atoms with E-state index in [1.165, 1.54) is 0 Å². The van der Waals surface area contributed by atoms with Crippen molar-refractivity contribution in [3.63, 3.8) is 0 Å². The molecule has 0 radical (unpaired) electrons. The normalized spacial score (nSPS) is 11.6. The number of benzene rings is 1. The highest BCUT2D eigenvalue weighted by atomic mass is 16.5. The molecule has 0 saturated heterocycles. The molecule has 28 heavy (non-hydrogen) atoms. The molecule has 0 aliphatic heterocycles. The summed E-state index contributed by atoms with van der Waals surface area (Å²) in [5.74, 6) is 2.62. The predicted octanol–water partition coefficient (Wildman–Crippen LogP) is 4.51. The van der Waals surface area contributed by atoms with Crippen LogP contribution in [-0.2, 0) is 0 Å². The lowest BCUT2D eigenvalue weighted by Crippen LogP contribution is -2.16. The number of anilines is 3. The maximum absolute atomic E-state index is 5.35. The molecule has 146 valence electrons. The van der Waals surface area contributed by atoms with Gasteiger partial charge in [0.25, 0.3) is 0 Å². The molecule has 0 unspecified atom stereocenters. The van der Waals surface area contributed by atoms with Gasteiger partial charge in [-0.3, -0.25) is 4.98 Å². The molecular weight excluding hydrogens is 354 g/mol. The molecule has 2 N–H and O–H groups in total. The Hall–Kier alpha value is -3.35. The van der Waals surface area contributed by atoms with Crippen molar-refractivity contribution in [2.45, 2.75) is 26.3 Å². The van der Waals surface area contributed by atoms with E-state index in [-0.39, 0.29) is 6.04 Å². The minimum Gasteiger partial charge on any atom is -0.497 e. The van der Waals surface area contributed by atoms with Crippen molar-refractivity contribution in [3.05, 3.63) is 48.8 Å². The van der Waals surface area contributed by atoms with Crippen molar-refractivity contribution in [1.29, 1.82) is 0 Å². The predicted molar refractivity (Wildman–Crippen MR) is 111 cm³/mol.